The van der Waals surface area contributed by atoms with Crippen LogP contribution in [0.1, 0.15) is 12.5 Å². The number of nitriles is 1. The molecule has 0 fully saturated rings. The lowest BCUT2D eigenvalue weighted by Gasteiger charge is -2.10. The van der Waals surface area contributed by atoms with Crippen LogP contribution in [0.15, 0.2) is 35.2 Å². The maximum Gasteiger partial charge on any atom is 0.237 e. The van der Waals surface area contributed by atoms with Gasteiger partial charge in [0.05, 0.1) is 15.8 Å². The fraction of sp³-hybridized carbons (Fsp3) is 0.200. The minimum absolute atomic E-state index is 0.184. The van der Waals surface area contributed by atoms with Gasteiger partial charge in [-0.05, 0) is 25.1 Å². The topological polar surface area (TPSA) is 90.7 Å². The second-order valence-corrected chi connectivity index (χ2v) is 7.57. The van der Waals surface area contributed by atoms with E-state index in [1.165, 1.54) is 23.1 Å². The highest BCUT2D eigenvalue weighted by molar-refractivity contribution is 8.02. The molecule has 0 aliphatic carbocycles. The van der Waals surface area contributed by atoms with Crippen molar-refractivity contribution in [3.8, 4) is 6.07 Å². The number of rotatable bonds is 7. The number of thioether (sulfide) groups is 1. The highest BCUT2D eigenvalue weighted by Gasteiger charge is 2.17. The predicted octanol–water partition coefficient (Wildman–Crippen LogP) is 3.78. The van der Waals surface area contributed by atoms with Crippen LogP contribution in [-0.2, 0) is 4.79 Å². The van der Waals surface area contributed by atoms with Crippen molar-refractivity contribution in [3.05, 3.63) is 41.4 Å². The highest BCUT2D eigenvalue weighted by Crippen LogP contribution is 2.29. The molecule has 0 unspecified atom stereocenters. The molecule has 0 aliphatic rings. The lowest BCUT2D eigenvalue weighted by atomic mass is 10.2. The quantitative estimate of drug-likeness (QED) is 0.562. The van der Waals surface area contributed by atoms with Crippen molar-refractivity contribution in [1.29, 1.82) is 5.26 Å². The first-order valence-corrected chi connectivity index (χ1v) is 8.96. The van der Waals surface area contributed by atoms with Crippen molar-refractivity contribution in [1.82, 2.24) is 10.2 Å². The molecule has 1 aromatic heterocycles. The largest absolute Gasteiger partial charge is 0.357 e. The molecule has 2 N–H and O–H groups in total. The van der Waals surface area contributed by atoms with E-state index in [9.17, 15) is 4.79 Å². The standard InChI is InChI=1S/C15H14ClN5OS2/c1-3-6-18-14-20-21-15(24-14)23-9(2)13(22)19-11-5-4-10(8-17)12(16)7-11/h3-5,7,9H,1,6H2,2H3,(H,18,20)(H,19,22)/t9-/m0/s1. The van der Waals surface area contributed by atoms with Gasteiger partial charge in [-0.25, -0.2) is 0 Å². The van der Waals surface area contributed by atoms with Gasteiger partial charge in [-0.1, -0.05) is 40.8 Å². The van der Waals surface area contributed by atoms with E-state index in [-0.39, 0.29) is 11.2 Å². The van der Waals surface area contributed by atoms with Crippen molar-refractivity contribution in [3.63, 3.8) is 0 Å². The summed E-state index contributed by atoms with van der Waals surface area (Å²) in [6.45, 7) is 6.01. The number of hydrogen-bond acceptors (Lipinski definition) is 7. The molecule has 0 radical (unpaired) electrons. The molecule has 1 atom stereocenters. The monoisotopic (exact) mass is 379 g/mol. The van der Waals surface area contributed by atoms with Crippen LogP contribution in [0, 0.1) is 11.3 Å². The number of hydrogen-bond donors (Lipinski definition) is 2. The highest BCUT2D eigenvalue weighted by atomic mass is 35.5. The van der Waals surface area contributed by atoms with Gasteiger partial charge in [-0.3, -0.25) is 4.79 Å². The molecular weight excluding hydrogens is 366 g/mol. The molecule has 0 saturated carbocycles. The molecule has 0 saturated heterocycles. The normalized spacial score (nSPS) is 11.4. The molecule has 24 heavy (non-hydrogen) atoms. The molecular formula is C15H14ClN5OS2. The first-order valence-electron chi connectivity index (χ1n) is 6.89. The zero-order valence-electron chi connectivity index (χ0n) is 12.7. The Bertz CT molecular complexity index is 786. The summed E-state index contributed by atoms with van der Waals surface area (Å²) in [7, 11) is 0. The van der Waals surface area contributed by atoms with Crippen LogP contribution in [0.5, 0.6) is 0 Å². The van der Waals surface area contributed by atoms with E-state index in [4.69, 9.17) is 16.9 Å². The lowest BCUT2D eigenvalue weighted by Crippen LogP contribution is -2.22. The molecule has 2 rings (SSSR count). The molecule has 2 aromatic rings. The third kappa shape index (κ3) is 4.96. The van der Waals surface area contributed by atoms with Gasteiger partial charge in [0.1, 0.15) is 6.07 Å². The van der Waals surface area contributed by atoms with E-state index in [1.807, 2.05) is 6.07 Å². The number of benzene rings is 1. The Kier molecular flexibility index (Phi) is 6.61. The van der Waals surface area contributed by atoms with Gasteiger partial charge in [0.15, 0.2) is 4.34 Å². The summed E-state index contributed by atoms with van der Waals surface area (Å²) in [6.07, 6.45) is 1.73. The molecule has 1 amide bonds. The van der Waals surface area contributed by atoms with E-state index in [1.54, 1.807) is 31.2 Å². The molecule has 0 aliphatic heterocycles. The zero-order chi connectivity index (χ0) is 17.5. The SMILES string of the molecule is C=CCNc1nnc(S[C@@H](C)C(=O)Nc2ccc(C#N)c(Cl)c2)s1. The van der Waals surface area contributed by atoms with Crippen LogP contribution in [0.25, 0.3) is 0 Å². The number of nitrogens with one attached hydrogen (secondary N) is 2. The predicted molar refractivity (Wildman–Crippen MR) is 98.7 cm³/mol. The Morgan fingerprint density at radius 2 is 2.38 bits per heavy atom. The number of halogens is 1. The van der Waals surface area contributed by atoms with Crippen LogP contribution >= 0.6 is 34.7 Å². The van der Waals surface area contributed by atoms with Crippen LogP contribution < -0.4 is 10.6 Å². The summed E-state index contributed by atoms with van der Waals surface area (Å²) >= 11 is 8.65. The van der Waals surface area contributed by atoms with Crippen LogP contribution in [0.3, 0.4) is 0 Å². The molecule has 0 spiro atoms. The van der Waals surface area contributed by atoms with Gasteiger partial charge < -0.3 is 10.6 Å². The number of carbonyl (C=O) groups excluding carboxylic acids is 1. The Morgan fingerprint density at radius 3 is 3.04 bits per heavy atom. The van der Waals surface area contributed by atoms with E-state index in [0.29, 0.717) is 32.3 Å². The van der Waals surface area contributed by atoms with Crippen molar-refractivity contribution < 1.29 is 4.79 Å². The van der Waals surface area contributed by atoms with Crippen molar-refractivity contribution in [2.75, 3.05) is 17.2 Å². The van der Waals surface area contributed by atoms with Gasteiger partial charge in [0.2, 0.25) is 11.0 Å². The smallest absolute Gasteiger partial charge is 0.237 e. The average molecular weight is 380 g/mol. The number of anilines is 2. The van der Waals surface area contributed by atoms with Crippen LogP contribution in [0.2, 0.25) is 5.02 Å². The second-order valence-electron chi connectivity index (χ2n) is 4.60. The first-order chi connectivity index (χ1) is 11.5. The van der Waals surface area contributed by atoms with Gasteiger partial charge >= 0.3 is 0 Å². The summed E-state index contributed by atoms with van der Waals surface area (Å²) in [5, 5.41) is 23.3. The lowest BCUT2D eigenvalue weighted by molar-refractivity contribution is -0.115. The Morgan fingerprint density at radius 1 is 1.58 bits per heavy atom. The second kappa shape index (κ2) is 8.68. The summed E-state index contributed by atoms with van der Waals surface area (Å²) in [5.41, 5.74) is 0.910. The molecule has 0 bridgehead atoms. The average Bonchev–Trinajstić information content (AvgIpc) is 3.00. The Hall–Kier alpha value is -2.08. The molecule has 6 nitrogen and oxygen atoms in total. The van der Waals surface area contributed by atoms with Gasteiger partial charge in [0, 0.05) is 12.2 Å². The molecule has 1 aromatic carbocycles. The van der Waals surface area contributed by atoms with Crippen LogP contribution in [-0.4, -0.2) is 27.9 Å². The molecule has 1 heterocycles. The Labute approximate surface area is 152 Å². The van der Waals surface area contributed by atoms with E-state index in [0.717, 1.165) is 0 Å². The van der Waals surface area contributed by atoms with Crippen LogP contribution in [0.4, 0.5) is 10.8 Å². The number of nitrogens with zero attached hydrogens (tertiary/aromatic N) is 3. The van der Waals surface area contributed by atoms with Crippen molar-refractivity contribution >= 4 is 51.4 Å². The zero-order valence-corrected chi connectivity index (χ0v) is 15.1. The maximum absolute atomic E-state index is 12.2. The molecule has 9 heteroatoms. The minimum Gasteiger partial charge on any atom is -0.357 e. The van der Waals surface area contributed by atoms with Gasteiger partial charge in [-0.15, -0.1) is 16.8 Å². The summed E-state index contributed by atoms with van der Waals surface area (Å²) in [5.74, 6) is -0.184. The van der Waals surface area contributed by atoms with E-state index in [2.05, 4.69) is 27.4 Å². The minimum atomic E-state index is -0.361. The fourth-order valence-corrected chi connectivity index (χ4v) is 3.75. The van der Waals surface area contributed by atoms with Gasteiger partial charge in [0.25, 0.3) is 0 Å². The number of amides is 1. The number of carbonyl (C=O) groups is 1. The first kappa shape index (κ1) is 18.3. The third-order valence-electron chi connectivity index (χ3n) is 2.81. The van der Waals surface area contributed by atoms with E-state index < -0.39 is 0 Å². The van der Waals surface area contributed by atoms with Crippen molar-refractivity contribution in [2.24, 2.45) is 0 Å². The maximum atomic E-state index is 12.2. The number of aromatic nitrogens is 2. The van der Waals surface area contributed by atoms with Gasteiger partial charge in [-0.2, -0.15) is 5.26 Å². The molecule has 124 valence electrons. The third-order valence-corrected chi connectivity index (χ3v) is 5.19. The summed E-state index contributed by atoms with van der Waals surface area (Å²) in [4.78, 5) is 12.2. The summed E-state index contributed by atoms with van der Waals surface area (Å²) < 4.78 is 0.696. The Balaban J connectivity index is 1.94. The van der Waals surface area contributed by atoms with E-state index >= 15 is 0 Å². The fourth-order valence-electron chi connectivity index (χ4n) is 1.62. The van der Waals surface area contributed by atoms with Crippen molar-refractivity contribution in [2.45, 2.75) is 16.5 Å². The summed E-state index contributed by atoms with van der Waals surface area (Å²) in [6, 6.07) is 6.73.